The molecule has 0 fully saturated rings. The number of carboxylic acids is 1. The van der Waals surface area contributed by atoms with Gasteiger partial charge in [0.05, 0.1) is 5.69 Å². The quantitative estimate of drug-likeness (QED) is 0.683. The maximum atomic E-state index is 12.4. The van der Waals surface area contributed by atoms with Crippen molar-refractivity contribution in [3.8, 4) is 11.3 Å². The topological polar surface area (TPSA) is 84.2 Å². The highest BCUT2D eigenvalue weighted by Gasteiger charge is 2.18. The second-order valence-electron chi connectivity index (χ2n) is 6.02. The zero-order valence-electron chi connectivity index (χ0n) is 15.0. The van der Waals surface area contributed by atoms with Gasteiger partial charge in [-0.2, -0.15) is 5.10 Å². The number of benzene rings is 2. The van der Waals surface area contributed by atoms with Crippen LogP contribution < -0.4 is 5.32 Å². The first-order valence-corrected chi connectivity index (χ1v) is 8.37. The molecule has 1 aromatic heterocycles. The predicted molar refractivity (Wildman–Crippen MR) is 103 cm³/mol. The molecule has 0 bridgehead atoms. The minimum Gasteiger partial charge on any atom is -0.477 e. The third-order valence-corrected chi connectivity index (χ3v) is 4.23. The van der Waals surface area contributed by atoms with E-state index in [1.807, 2.05) is 37.3 Å². The highest BCUT2D eigenvalue weighted by atomic mass is 16.4. The standard InChI is InChI=1S/C21H19N3O3/c1-14-17(19(23-24(14)2)15-9-5-3-6-10-15)13-18(21(26)27)22-20(25)16-11-7-4-8-12-16/h3-13H,1-2H3,(H,22,25)(H,26,27)/b18-13+. The number of aliphatic carboxylic acids is 1. The van der Waals surface area contributed by atoms with Crippen molar-refractivity contribution in [3.05, 3.63) is 83.2 Å². The molecule has 2 N–H and O–H groups in total. The van der Waals surface area contributed by atoms with Gasteiger partial charge < -0.3 is 10.4 Å². The van der Waals surface area contributed by atoms with Gasteiger partial charge in [-0.3, -0.25) is 9.48 Å². The second-order valence-corrected chi connectivity index (χ2v) is 6.02. The predicted octanol–water partition coefficient (Wildman–Crippen LogP) is 3.25. The summed E-state index contributed by atoms with van der Waals surface area (Å²) in [7, 11) is 1.79. The molecular formula is C21H19N3O3. The summed E-state index contributed by atoms with van der Waals surface area (Å²) in [5, 5.41) is 16.6. The molecule has 2 aromatic carbocycles. The molecule has 3 aromatic rings. The number of hydrogen-bond acceptors (Lipinski definition) is 3. The van der Waals surface area contributed by atoms with E-state index in [0.717, 1.165) is 11.3 Å². The van der Waals surface area contributed by atoms with E-state index in [1.165, 1.54) is 6.08 Å². The molecule has 6 heteroatoms. The van der Waals surface area contributed by atoms with E-state index >= 15 is 0 Å². The van der Waals surface area contributed by atoms with Gasteiger partial charge in [0.15, 0.2) is 0 Å². The SMILES string of the molecule is Cc1c(/C=C(/NC(=O)c2ccccc2)C(=O)O)c(-c2ccccc2)nn1C. The molecule has 1 amide bonds. The molecule has 1 heterocycles. The monoisotopic (exact) mass is 361 g/mol. The van der Waals surface area contributed by atoms with Gasteiger partial charge in [-0.1, -0.05) is 48.5 Å². The smallest absolute Gasteiger partial charge is 0.352 e. The highest BCUT2D eigenvalue weighted by Crippen LogP contribution is 2.26. The molecule has 0 aliphatic rings. The van der Waals surface area contributed by atoms with Gasteiger partial charge >= 0.3 is 5.97 Å². The molecule has 0 saturated carbocycles. The Morgan fingerprint density at radius 1 is 1.04 bits per heavy atom. The Labute approximate surface area is 156 Å². The van der Waals surface area contributed by atoms with E-state index in [-0.39, 0.29) is 5.70 Å². The van der Waals surface area contributed by atoms with Crippen molar-refractivity contribution < 1.29 is 14.7 Å². The molecule has 0 atom stereocenters. The minimum atomic E-state index is -1.22. The Morgan fingerprint density at radius 3 is 2.22 bits per heavy atom. The molecule has 0 aliphatic carbocycles. The Balaban J connectivity index is 2.02. The van der Waals surface area contributed by atoms with Crippen molar-refractivity contribution in [2.24, 2.45) is 7.05 Å². The van der Waals surface area contributed by atoms with Gasteiger partial charge in [0, 0.05) is 29.4 Å². The first-order valence-electron chi connectivity index (χ1n) is 8.37. The van der Waals surface area contributed by atoms with Crippen molar-refractivity contribution in [2.75, 3.05) is 0 Å². The maximum absolute atomic E-state index is 12.4. The molecule has 0 aliphatic heterocycles. The molecule has 0 unspecified atom stereocenters. The van der Waals surface area contributed by atoms with Gasteiger partial charge in [0.25, 0.3) is 5.91 Å². The lowest BCUT2D eigenvalue weighted by atomic mass is 10.0. The number of nitrogens with one attached hydrogen (secondary N) is 1. The van der Waals surface area contributed by atoms with Crippen molar-refractivity contribution in [1.82, 2.24) is 15.1 Å². The van der Waals surface area contributed by atoms with Crippen LogP contribution in [-0.2, 0) is 11.8 Å². The molecular weight excluding hydrogens is 342 g/mol. The summed E-state index contributed by atoms with van der Waals surface area (Å²) in [6, 6.07) is 18.0. The van der Waals surface area contributed by atoms with E-state index < -0.39 is 11.9 Å². The van der Waals surface area contributed by atoms with Gasteiger partial charge in [-0.05, 0) is 25.1 Å². The Morgan fingerprint density at radius 2 is 1.63 bits per heavy atom. The lowest BCUT2D eigenvalue weighted by Gasteiger charge is -2.07. The zero-order chi connectivity index (χ0) is 19.4. The summed E-state index contributed by atoms with van der Waals surface area (Å²) in [6.07, 6.45) is 1.45. The summed E-state index contributed by atoms with van der Waals surface area (Å²) in [5.74, 6) is -1.70. The molecule has 136 valence electrons. The van der Waals surface area contributed by atoms with E-state index in [2.05, 4.69) is 10.4 Å². The van der Waals surface area contributed by atoms with Crippen molar-refractivity contribution in [3.63, 3.8) is 0 Å². The van der Waals surface area contributed by atoms with Crippen LogP contribution in [0.2, 0.25) is 0 Å². The molecule has 0 radical (unpaired) electrons. The number of carbonyl (C=O) groups is 2. The van der Waals surface area contributed by atoms with Gasteiger partial charge in [-0.25, -0.2) is 4.79 Å². The summed E-state index contributed by atoms with van der Waals surface area (Å²) in [6.45, 7) is 1.85. The van der Waals surface area contributed by atoms with Crippen LogP contribution in [0.1, 0.15) is 21.6 Å². The molecule has 6 nitrogen and oxygen atoms in total. The third-order valence-electron chi connectivity index (χ3n) is 4.23. The number of nitrogens with zero attached hydrogens (tertiary/aromatic N) is 2. The van der Waals surface area contributed by atoms with Crippen LogP contribution in [0.3, 0.4) is 0 Å². The number of amides is 1. The van der Waals surface area contributed by atoms with Crippen molar-refractivity contribution in [2.45, 2.75) is 6.92 Å². The summed E-state index contributed by atoms with van der Waals surface area (Å²) >= 11 is 0. The largest absolute Gasteiger partial charge is 0.477 e. The van der Waals surface area contributed by atoms with Crippen LogP contribution in [0.25, 0.3) is 17.3 Å². The average Bonchev–Trinajstić information content (AvgIpc) is 2.97. The fourth-order valence-corrected chi connectivity index (χ4v) is 2.69. The first kappa shape index (κ1) is 18.1. The summed E-state index contributed by atoms with van der Waals surface area (Å²) < 4.78 is 1.69. The van der Waals surface area contributed by atoms with Gasteiger partial charge in [-0.15, -0.1) is 0 Å². The van der Waals surface area contributed by atoms with Crippen molar-refractivity contribution in [1.29, 1.82) is 0 Å². The highest BCUT2D eigenvalue weighted by molar-refractivity contribution is 6.03. The zero-order valence-corrected chi connectivity index (χ0v) is 15.0. The molecule has 3 rings (SSSR count). The molecule has 27 heavy (non-hydrogen) atoms. The van der Waals surface area contributed by atoms with E-state index in [1.54, 1.807) is 42.1 Å². The third kappa shape index (κ3) is 3.95. The van der Waals surface area contributed by atoms with E-state index in [4.69, 9.17) is 0 Å². The number of carbonyl (C=O) groups excluding carboxylic acids is 1. The molecule has 0 saturated heterocycles. The van der Waals surface area contributed by atoms with Crippen LogP contribution in [0, 0.1) is 6.92 Å². The average molecular weight is 361 g/mol. The van der Waals surface area contributed by atoms with Crippen LogP contribution in [0.15, 0.2) is 66.4 Å². The second kappa shape index (κ2) is 7.70. The van der Waals surface area contributed by atoms with Gasteiger partial charge in [0.1, 0.15) is 5.70 Å². The fraction of sp³-hybridized carbons (Fsp3) is 0.0952. The fourth-order valence-electron chi connectivity index (χ4n) is 2.69. The Bertz CT molecular complexity index is 1010. The number of carboxylic acid groups (broad SMARTS) is 1. The summed E-state index contributed by atoms with van der Waals surface area (Å²) in [5.41, 5.74) is 3.14. The van der Waals surface area contributed by atoms with Crippen LogP contribution in [0.5, 0.6) is 0 Å². The number of aryl methyl sites for hydroxylation is 1. The number of hydrogen-bond donors (Lipinski definition) is 2. The van der Waals surface area contributed by atoms with E-state index in [0.29, 0.717) is 16.8 Å². The van der Waals surface area contributed by atoms with E-state index in [9.17, 15) is 14.7 Å². The number of rotatable bonds is 5. The van der Waals surface area contributed by atoms with Crippen LogP contribution >= 0.6 is 0 Å². The van der Waals surface area contributed by atoms with Crippen LogP contribution in [-0.4, -0.2) is 26.8 Å². The Kier molecular flexibility index (Phi) is 5.17. The normalized spacial score (nSPS) is 11.3. The van der Waals surface area contributed by atoms with Crippen molar-refractivity contribution >= 4 is 18.0 Å². The Hall–Kier alpha value is -3.67. The lowest BCUT2D eigenvalue weighted by molar-refractivity contribution is -0.132. The minimum absolute atomic E-state index is 0.211. The van der Waals surface area contributed by atoms with Crippen LogP contribution in [0.4, 0.5) is 0 Å². The first-order chi connectivity index (χ1) is 13.0. The molecule has 0 spiro atoms. The lowest BCUT2D eigenvalue weighted by Crippen LogP contribution is -2.27. The van der Waals surface area contributed by atoms with Gasteiger partial charge in [0.2, 0.25) is 0 Å². The maximum Gasteiger partial charge on any atom is 0.352 e. The summed E-state index contributed by atoms with van der Waals surface area (Å²) in [4.78, 5) is 24.1. The number of aromatic nitrogens is 2.